The zero-order valence-electron chi connectivity index (χ0n) is 17.1. The van der Waals surface area contributed by atoms with Crippen molar-refractivity contribution in [3.05, 3.63) is 59.1 Å². The van der Waals surface area contributed by atoms with Crippen LogP contribution in [-0.4, -0.2) is 26.7 Å². The predicted octanol–water partition coefficient (Wildman–Crippen LogP) is 4.51. The van der Waals surface area contributed by atoms with Crippen LogP contribution in [-0.2, 0) is 20.2 Å². The molecule has 0 radical (unpaired) electrons. The van der Waals surface area contributed by atoms with Gasteiger partial charge in [-0.05, 0) is 55.2 Å². The van der Waals surface area contributed by atoms with E-state index in [0.717, 1.165) is 12.0 Å². The number of hydrogen-bond acceptors (Lipinski definition) is 4. The molecule has 0 aliphatic carbocycles. The number of rotatable bonds is 7. The van der Waals surface area contributed by atoms with Gasteiger partial charge in [0.25, 0.3) is 10.0 Å². The van der Waals surface area contributed by atoms with Gasteiger partial charge in [0.1, 0.15) is 5.84 Å². The highest BCUT2D eigenvalue weighted by Crippen LogP contribution is 2.34. The average Bonchev–Trinajstić information content (AvgIpc) is 3.23. The highest BCUT2D eigenvalue weighted by atomic mass is 35.5. The van der Waals surface area contributed by atoms with Crippen LogP contribution in [0, 0.1) is 0 Å². The number of sulfonamides is 1. The molecule has 2 aromatic rings. The molecule has 8 heteroatoms. The molecule has 0 saturated heterocycles. The van der Waals surface area contributed by atoms with Gasteiger partial charge in [0.2, 0.25) is 5.91 Å². The zero-order valence-corrected chi connectivity index (χ0v) is 18.7. The fourth-order valence-electron chi connectivity index (χ4n) is 3.71. The van der Waals surface area contributed by atoms with Gasteiger partial charge in [-0.25, -0.2) is 8.42 Å². The third kappa shape index (κ3) is 4.68. The van der Waals surface area contributed by atoms with Gasteiger partial charge >= 0.3 is 0 Å². The van der Waals surface area contributed by atoms with Crippen molar-refractivity contribution in [2.75, 3.05) is 11.9 Å². The van der Waals surface area contributed by atoms with E-state index < -0.39 is 15.4 Å². The van der Waals surface area contributed by atoms with E-state index in [4.69, 9.17) is 11.6 Å². The second kappa shape index (κ2) is 9.18. The first-order valence-corrected chi connectivity index (χ1v) is 11.9. The summed E-state index contributed by atoms with van der Waals surface area (Å²) in [4.78, 5) is 17.5. The van der Waals surface area contributed by atoms with E-state index in [1.807, 2.05) is 26.0 Å². The summed E-state index contributed by atoms with van der Waals surface area (Å²) in [6.45, 7) is 4.56. The van der Waals surface area contributed by atoms with Crippen molar-refractivity contribution in [3.8, 4) is 0 Å². The van der Waals surface area contributed by atoms with Crippen LogP contribution in [0.4, 0.5) is 5.69 Å². The molecular formula is C22H26ClN3O3S. The van der Waals surface area contributed by atoms with Crippen molar-refractivity contribution < 1.29 is 13.2 Å². The van der Waals surface area contributed by atoms with E-state index in [1.54, 1.807) is 24.3 Å². The number of carbonyl (C=O) groups is 1. The number of carbonyl (C=O) groups excluding carboxylic acids is 1. The van der Waals surface area contributed by atoms with Crippen LogP contribution in [0.15, 0.2) is 58.4 Å². The molecule has 0 atom stereocenters. The van der Waals surface area contributed by atoms with E-state index in [9.17, 15) is 13.2 Å². The van der Waals surface area contributed by atoms with Gasteiger partial charge in [-0.2, -0.15) is 0 Å². The van der Waals surface area contributed by atoms with Crippen LogP contribution < -0.4 is 10.0 Å². The highest BCUT2D eigenvalue weighted by molar-refractivity contribution is 7.90. The molecule has 0 unspecified atom stereocenters. The van der Waals surface area contributed by atoms with E-state index in [2.05, 4.69) is 15.0 Å². The minimum Gasteiger partial charge on any atom is -0.325 e. The van der Waals surface area contributed by atoms with Crippen LogP contribution in [0.2, 0.25) is 5.02 Å². The Hall–Kier alpha value is -2.38. The Morgan fingerprint density at radius 2 is 1.83 bits per heavy atom. The second-order valence-electron chi connectivity index (χ2n) is 7.32. The van der Waals surface area contributed by atoms with Crippen molar-refractivity contribution in [2.45, 2.75) is 49.8 Å². The summed E-state index contributed by atoms with van der Waals surface area (Å²) in [6.07, 6.45) is 2.65. The Kier molecular flexibility index (Phi) is 6.83. The first-order valence-electron chi connectivity index (χ1n) is 10.0. The fourth-order valence-corrected chi connectivity index (χ4v) is 4.97. The van der Waals surface area contributed by atoms with Crippen LogP contribution in [0.25, 0.3) is 0 Å². The maximum absolute atomic E-state index is 13.3. The average molecular weight is 448 g/mol. The smallest absolute Gasteiger partial charge is 0.262 e. The number of amides is 1. The summed E-state index contributed by atoms with van der Waals surface area (Å²) in [5.74, 6) is 0.292. The van der Waals surface area contributed by atoms with Crippen molar-refractivity contribution in [3.63, 3.8) is 0 Å². The van der Waals surface area contributed by atoms with Crippen LogP contribution in [0.1, 0.15) is 45.1 Å². The Labute approximate surface area is 182 Å². The molecule has 2 N–H and O–H groups in total. The van der Waals surface area contributed by atoms with Crippen molar-refractivity contribution in [1.29, 1.82) is 0 Å². The lowest BCUT2D eigenvalue weighted by Gasteiger charge is -2.31. The highest BCUT2D eigenvalue weighted by Gasteiger charge is 2.37. The summed E-state index contributed by atoms with van der Waals surface area (Å²) < 4.78 is 27.9. The number of halogens is 1. The second-order valence-corrected chi connectivity index (χ2v) is 9.43. The summed E-state index contributed by atoms with van der Waals surface area (Å²) in [7, 11) is -3.75. The minimum absolute atomic E-state index is 0.0833. The third-order valence-corrected chi connectivity index (χ3v) is 7.20. The van der Waals surface area contributed by atoms with E-state index >= 15 is 0 Å². The fraction of sp³-hybridized carbons (Fsp3) is 0.364. The van der Waals surface area contributed by atoms with Crippen LogP contribution >= 0.6 is 11.6 Å². The summed E-state index contributed by atoms with van der Waals surface area (Å²) in [5, 5.41) is 3.52. The number of hydrogen-bond donors (Lipinski definition) is 2. The molecule has 1 aliphatic heterocycles. The number of aliphatic imine (C=N–C) groups is 1. The Balaban J connectivity index is 1.85. The molecule has 1 amide bonds. The lowest BCUT2D eigenvalue weighted by Crippen LogP contribution is -2.39. The number of anilines is 1. The maximum Gasteiger partial charge on any atom is 0.262 e. The molecule has 1 aliphatic rings. The molecule has 0 bridgehead atoms. The predicted molar refractivity (Wildman–Crippen MR) is 121 cm³/mol. The van der Waals surface area contributed by atoms with Gasteiger partial charge in [0.15, 0.2) is 0 Å². The molecule has 0 aromatic heterocycles. The van der Waals surface area contributed by atoms with Gasteiger partial charge in [0.05, 0.1) is 10.3 Å². The quantitative estimate of drug-likeness (QED) is 0.654. The van der Waals surface area contributed by atoms with Crippen LogP contribution in [0.5, 0.6) is 0 Å². The molecular weight excluding hydrogens is 422 g/mol. The van der Waals surface area contributed by atoms with Crippen molar-refractivity contribution in [2.24, 2.45) is 4.99 Å². The Morgan fingerprint density at radius 3 is 2.43 bits per heavy atom. The summed E-state index contributed by atoms with van der Waals surface area (Å²) in [5.41, 5.74) is 0.562. The number of nitrogens with one attached hydrogen (secondary N) is 2. The van der Waals surface area contributed by atoms with E-state index in [0.29, 0.717) is 42.4 Å². The zero-order chi connectivity index (χ0) is 21.8. The molecule has 6 nitrogen and oxygen atoms in total. The third-order valence-electron chi connectivity index (χ3n) is 5.57. The topological polar surface area (TPSA) is 87.6 Å². The molecule has 1 heterocycles. The lowest BCUT2D eigenvalue weighted by atomic mass is 9.75. The number of amidine groups is 1. The molecule has 3 rings (SSSR count). The maximum atomic E-state index is 13.3. The van der Waals surface area contributed by atoms with Gasteiger partial charge in [-0.1, -0.05) is 43.6 Å². The molecule has 30 heavy (non-hydrogen) atoms. The lowest BCUT2D eigenvalue weighted by molar-refractivity contribution is -0.121. The number of nitrogens with zero attached hydrogens (tertiary/aromatic N) is 1. The molecule has 160 valence electrons. The summed E-state index contributed by atoms with van der Waals surface area (Å²) in [6, 6.07) is 13.5. The Bertz CT molecular complexity index is 1050. The van der Waals surface area contributed by atoms with Crippen molar-refractivity contribution >= 4 is 39.1 Å². The van der Waals surface area contributed by atoms with Gasteiger partial charge in [-0.3, -0.25) is 14.5 Å². The van der Waals surface area contributed by atoms with Gasteiger partial charge in [-0.15, -0.1) is 0 Å². The first-order chi connectivity index (χ1) is 14.3. The minimum atomic E-state index is -3.75. The van der Waals surface area contributed by atoms with Gasteiger partial charge < -0.3 is 5.32 Å². The van der Waals surface area contributed by atoms with E-state index in [1.165, 1.54) is 12.1 Å². The SMILES string of the molecule is CCC(CC)(C(=O)Nc1cccc(S(=O)(=O)NC2=NCCC2)c1)c1ccc(Cl)cc1. The molecule has 0 saturated carbocycles. The van der Waals surface area contributed by atoms with Crippen molar-refractivity contribution in [1.82, 2.24) is 4.72 Å². The standard InChI is InChI=1S/C22H26ClN3O3S/c1-3-22(4-2,16-10-12-17(23)13-11-16)21(27)25-18-7-5-8-19(15-18)30(28,29)26-20-9-6-14-24-20/h5,7-8,10-13,15H,3-4,6,9,14H2,1-2H3,(H,24,26)(H,25,27). The monoisotopic (exact) mass is 447 g/mol. The molecule has 0 fully saturated rings. The Morgan fingerprint density at radius 1 is 1.13 bits per heavy atom. The molecule has 0 spiro atoms. The largest absolute Gasteiger partial charge is 0.325 e. The van der Waals surface area contributed by atoms with E-state index in [-0.39, 0.29) is 10.8 Å². The molecule has 2 aromatic carbocycles. The normalized spacial score (nSPS) is 14.3. The number of benzene rings is 2. The van der Waals surface area contributed by atoms with Gasteiger partial charge in [0, 0.05) is 23.7 Å². The summed E-state index contributed by atoms with van der Waals surface area (Å²) >= 11 is 6.01. The van der Waals surface area contributed by atoms with Crippen LogP contribution in [0.3, 0.4) is 0 Å². The first kappa shape index (κ1) is 22.3.